The molecule has 0 bridgehead atoms. The minimum Gasteiger partial charge on any atom is -0.462 e. The number of carbonyl (C=O) groups is 2. The fraction of sp³-hybridized carbons (Fsp3) is 0.755. The minimum atomic E-state index is -5.40. The predicted octanol–water partition coefficient (Wildman–Crippen LogP) is 7.78. The number of allylic oxidation sites excluding steroid dienone is 9. The lowest BCUT2D eigenvalue weighted by atomic mass is 9.85. The summed E-state index contributed by atoms with van der Waals surface area (Å²) in [5, 5.41) is 62.1. The Morgan fingerprint density at radius 3 is 1.52 bits per heavy atom. The normalized spacial score (nSPS) is 22.5. The maximum Gasteiger partial charge on any atom is 0.472 e. The lowest BCUT2D eigenvalue weighted by Gasteiger charge is -2.43. The third-order valence-electron chi connectivity index (χ3n) is 11.3. The van der Waals surface area contributed by atoms with Gasteiger partial charge in [0.15, 0.2) is 6.10 Å². The number of ether oxygens (including phenoxy) is 2. The first-order chi connectivity index (χ1) is 32.9. The third kappa shape index (κ3) is 33.1. The molecule has 400 valence electrons. The van der Waals surface area contributed by atoms with E-state index in [1.54, 1.807) is 6.08 Å². The van der Waals surface area contributed by atoms with Gasteiger partial charge in [0.1, 0.15) is 43.2 Å². The van der Waals surface area contributed by atoms with E-state index in [1.807, 2.05) is 12.2 Å². The van der Waals surface area contributed by atoms with Crippen molar-refractivity contribution in [1.82, 2.24) is 0 Å². The molecule has 1 fully saturated rings. The Labute approximate surface area is 410 Å². The number of hydrogen-bond donors (Lipinski definition) is 9. The average molecular weight is 1030 g/mol. The van der Waals surface area contributed by atoms with Crippen LogP contribution in [0.3, 0.4) is 0 Å². The summed E-state index contributed by atoms with van der Waals surface area (Å²) in [5.74, 6) is -1.50. The van der Waals surface area contributed by atoms with Crippen LogP contribution in [0, 0.1) is 0 Å². The summed E-state index contributed by atoms with van der Waals surface area (Å²) in [5.41, 5.74) is 0. The molecule has 0 radical (unpaired) electrons. The Morgan fingerprint density at radius 2 is 0.986 bits per heavy atom. The number of esters is 2. The van der Waals surface area contributed by atoms with Crippen LogP contribution in [-0.2, 0) is 41.8 Å². The van der Waals surface area contributed by atoms with E-state index >= 15 is 0 Å². The number of aliphatic hydroxyl groups excluding tert-OH is 6. The van der Waals surface area contributed by atoms with Crippen molar-refractivity contribution in [3.63, 3.8) is 0 Å². The quantitative estimate of drug-likeness (QED) is 0.0122. The second-order valence-electron chi connectivity index (χ2n) is 17.5. The largest absolute Gasteiger partial charge is 0.472 e. The molecule has 0 saturated heterocycles. The highest BCUT2D eigenvalue weighted by molar-refractivity contribution is 7.47. The van der Waals surface area contributed by atoms with Gasteiger partial charge in [-0.1, -0.05) is 132 Å². The average Bonchev–Trinajstić information content (AvgIpc) is 3.30. The van der Waals surface area contributed by atoms with Gasteiger partial charge >= 0.3 is 27.6 Å². The maximum atomic E-state index is 13.0. The van der Waals surface area contributed by atoms with Crippen molar-refractivity contribution in [2.75, 3.05) is 13.2 Å². The highest BCUT2D eigenvalue weighted by Gasteiger charge is 2.54. The maximum absolute atomic E-state index is 13.0. The van der Waals surface area contributed by atoms with Gasteiger partial charge in [0, 0.05) is 12.8 Å². The first-order valence-corrected chi connectivity index (χ1v) is 28.0. The summed E-state index contributed by atoms with van der Waals surface area (Å²) < 4.78 is 49.2. The first-order valence-electron chi connectivity index (χ1n) is 25.0. The van der Waals surface area contributed by atoms with Crippen LogP contribution in [0.25, 0.3) is 0 Å². The lowest BCUT2D eigenvalue weighted by molar-refractivity contribution is -0.216. The van der Waals surface area contributed by atoms with Gasteiger partial charge in [-0.25, -0.2) is 9.13 Å². The van der Waals surface area contributed by atoms with Crippen LogP contribution in [0.5, 0.6) is 0 Å². The smallest absolute Gasteiger partial charge is 0.462 e. The molecule has 1 rings (SSSR count). The van der Waals surface area contributed by atoms with Crippen LogP contribution in [0.2, 0.25) is 0 Å². The van der Waals surface area contributed by atoms with E-state index in [-0.39, 0.29) is 32.1 Å². The molecule has 7 unspecified atom stereocenters. The minimum absolute atomic E-state index is 0.0276. The van der Waals surface area contributed by atoms with Crippen LogP contribution in [0.4, 0.5) is 0 Å². The molecule has 0 aromatic heterocycles. The fourth-order valence-corrected chi connectivity index (χ4v) is 8.76. The molecule has 0 amide bonds. The van der Waals surface area contributed by atoms with Gasteiger partial charge in [0.25, 0.3) is 0 Å². The molecule has 20 heteroatoms. The Morgan fingerprint density at radius 1 is 0.522 bits per heavy atom. The van der Waals surface area contributed by atoms with E-state index in [1.165, 1.54) is 38.5 Å². The van der Waals surface area contributed by atoms with Gasteiger partial charge in [0.05, 0.1) is 18.8 Å². The van der Waals surface area contributed by atoms with Crippen LogP contribution in [0.15, 0.2) is 60.8 Å². The van der Waals surface area contributed by atoms with Crippen LogP contribution >= 0.6 is 15.6 Å². The Kier molecular flexibility index (Phi) is 36.7. The molecule has 0 aromatic rings. The van der Waals surface area contributed by atoms with Gasteiger partial charge < -0.3 is 54.8 Å². The highest BCUT2D eigenvalue weighted by Crippen LogP contribution is 2.49. The van der Waals surface area contributed by atoms with Crippen molar-refractivity contribution >= 4 is 27.6 Å². The Hall–Kier alpha value is -2.38. The number of rotatable bonds is 41. The van der Waals surface area contributed by atoms with E-state index in [9.17, 15) is 64.0 Å². The third-order valence-corrected chi connectivity index (χ3v) is 12.8. The van der Waals surface area contributed by atoms with Gasteiger partial charge in [-0.2, -0.15) is 0 Å². The number of carbonyl (C=O) groups excluding carboxylic acids is 2. The monoisotopic (exact) mass is 1020 g/mol. The molecule has 1 aliphatic rings. The molecule has 10 atom stereocenters. The van der Waals surface area contributed by atoms with Gasteiger partial charge in [-0.15, -0.1) is 0 Å². The molecule has 1 saturated carbocycles. The molecule has 18 nitrogen and oxygen atoms in total. The van der Waals surface area contributed by atoms with Gasteiger partial charge in [0.2, 0.25) is 0 Å². The van der Waals surface area contributed by atoms with Crippen LogP contribution < -0.4 is 0 Å². The number of unbranched alkanes of at least 4 members (excludes halogenated alkanes) is 13. The van der Waals surface area contributed by atoms with Crippen molar-refractivity contribution in [2.45, 2.75) is 223 Å². The standard InChI is InChI=1S/C49H86O18P2/c1-3-5-7-9-11-13-15-17-18-19-20-21-23-25-27-29-31-35-43(53)65-39(38-64-69(61,62)67-49-46(56)44(54)45(55)48(47(49)57)66-68(58,59)60)37-63-42(52)36-32-34-41(51)40(50)33-30-28-26-24-22-16-14-12-10-8-6-4-2/h11-14,17-18,22,24,28,30,39-41,44-51,54-57H,3-10,15-16,19-21,23,25-27,29,31-38H2,1-2H3,(H,61,62)(H2,58,59,60)/b13-11-,14-12-,18-17-,24-22-,30-28-/t39-,40?,41?,44?,45?,46?,47?,48-,49+/m1/s1. The molecule has 0 heterocycles. The number of aliphatic hydroxyl groups is 6. The van der Waals surface area contributed by atoms with Crippen molar-refractivity contribution in [1.29, 1.82) is 0 Å². The molecule has 9 N–H and O–H groups in total. The topological polar surface area (TPSA) is 296 Å². The molecule has 69 heavy (non-hydrogen) atoms. The first kappa shape index (κ1) is 64.6. The van der Waals surface area contributed by atoms with Gasteiger partial charge in [-0.05, 0) is 83.5 Å². The second kappa shape index (κ2) is 39.2. The molecule has 0 aromatic carbocycles. The summed E-state index contributed by atoms with van der Waals surface area (Å²) in [6.45, 7) is 2.80. The summed E-state index contributed by atoms with van der Waals surface area (Å²) in [4.78, 5) is 54.4. The van der Waals surface area contributed by atoms with Crippen molar-refractivity contribution < 1.29 is 87.1 Å². The zero-order valence-electron chi connectivity index (χ0n) is 40.9. The fourth-order valence-electron chi connectivity index (χ4n) is 7.22. The number of phosphoric ester groups is 2. The van der Waals surface area contributed by atoms with Crippen molar-refractivity contribution in [3.05, 3.63) is 60.8 Å². The molecular formula is C49H86O18P2. The molecule has 0 spiro atoms. The molecule has 0 aliphatic heterocycles. The van der Waals surface area contributed by atoms with E-state index in [0.717, 1.165) is 70.6 Å². The van der Waals surface area contributed by atoms with E-state index in [2.05, 4.69) is 60.9 Å². The Bertz CT molecular complexity index is 1600. The van der Waals surface area contributed by atoms with Crippen molar-refractivity contribution in [3.8, 4) is 0 Å². The summed E-state index contributed by atoms with van der Waals surface area (Å²) in [7, 11) is -10.8. The molecule has 1 aliphatic carbocycles. The zero-order chi connectivity index (χ0) is 51.3. The molecular weight excluding hydrogens is 938 g/mol. The lowest BCUT2D eigenvalue weighted by Crippen LogP contribution is -2.64. The zero-order valence-corrected chi connectivity index (χ0v) is 42.7. The predicted molar refractivity (Wildman–Crippen MR) is 262 cm³/mol. The number of hydrogen-bond acceptors (Lipinski definition) is 15. The van der Waals surface area contributed by atoms with E-state index in [4.69, 9.17) is 18.5 Å². The highest BCUT2D eigenvalue weighted by atomic mass is 31.2. The van der Waals surface area contributed by atoms with Crippen LogP contribution in [0.1, 0.15) is 168 Å². The van der Waals surface area contributed by atoms with Crippen LogP contribution in [-0.4, -0.2) is 125 Å². The summed E-state index contributed by atoms with van der Waals surface area (Å²) in [6, 6.07) is 0. The summed E-state index contributed by atoms with van der Waals surface area (Å²) in [6.07, 6.45) is 23.2. The second-order valence-corrected chi connectivity index (χ2v) is 20.1. The Balaban J connectivity index is 2.68. The van der Waals surface area contributed by atoms with E-state index < -0.39 is 95.7 Å². The number of phosphoric acid groups is 2. The summed E-state index contributed by atoms with van der Waals surface area (Å²) >= 11 is 0. The van der Waals surface area contributed by atoms with Crippen molar-refractivity contribution in [2.24, 2.45) is 0 Å². The SMILES string of the molecule is CCCCC/C=C\C/C=C\C/C=C\CC(O)C(O)CCCC(=O)OC[C@H](COP(=O)(O)O[C@H]1C(O)C(O)C(O)[C@@H](OP(=O)(O)O)C1O)OC(=O)CCCCCCCCC/C=C\C/C=C\CCCCC. The van der Waals surface area contributed by atoms with E-state index in [0.29, 0.717) is 12.8 Å². The van der Waals surface area contributed by atoms with Gasteiger partial charge in [-0.3, -0.25) is 23.2 Å².